The van der Waals surface area contributed by atoms with E-state index >= 15 is 0 Å². The van der Waals surface area contributed by atoms with Gasteiger partial charge in [0.2, 0.25) is 0 Å². The lowest BCUT2D eigenvalue weighted by Crippen LogP contribution is -2.18. The summed E-state index contributed by atoms with van der Waals surface area (Å²) in [6.07, 6.45) is 1.71. The Morgan fingerprint density at radius 2 is 2.24 bits per heavy atom. The van der Waals surface area contributed by atoms with Gasteiger partial charge in [-0.25, -0.2) is 9.50 Å². The molecule has 17 heavy (non-hydrogen) atoms. The minimum atomic E-state index is -1.02. The first kappa shape index (κ1) is 12.8. The van der Waals surface area contributed by atoms with Crippen molar-refractivity contribution in [3.05, 3.63) is 29.2 Å². The molecule has 2 atom stereocenters. The third-order valence-corrected chi connectivity index (χ3v) is 3.12. The first-order valence-electron chi connectivity index (χ1n) is 5.05. The van der Waals surface area contributed by atoms with E-state index in [1.165, 1.54) is 10.7 Å². The van der Waals surface area contributed by atoms with Gasteiger partial charge in [-0.05, 0) is 12.5 Å². The summed E-state index contributed by atoms with van der Waals surface area (Å²) >= 11 is 9.00. The van der Waals surface area contributed by atoms with Crippen molar-refractivity contribution >= 4 is 33.2 Å². The molecule has 0 aliphatic heterocycles. The predicted molar refractivity (Wildman–Crippen MR) is 67.4 cm³/mol. The largest absolute Gasteiger partial charge is 0.390 e. The molecule has 2 aromatic heterocycles. The minimum absolute atomic E-state index is 0.321. The van der Waals surface area contributed by atoms with Crippen LogP contribution in [0, 0.1) is 0 Å². The van der Waals surface area contributed by atoms with E-state index in [0.29, 0.717) is 28.1 Å². The van der Waals surface area contributed by atoms with Gasteiger partial charge in [-0.1, -0.05) is 27.5 Å². The van der Waals surface area contributed by atoms with Gasteiger partial charge >= 0.3 is 0 Å². The highest BCUT2D eigenvalue weighted by molar-refractivity contribution is 9.09. The summed E-state index contributed by atoms with van der Waals surface area (Å²) in [6, 6.07) is 1.60. The van der Waals surface area contributed by atoms with E-state index in [9.17, 15) is 10.2 Å². The Labute approximate surface area is 111 Å². The molecule has 0 aliphatic carbocycles. The van der Waals surface area contributed by atoms with Crippen LogP contribution in [0.5, 0.6) is 0 Å². The molecule has 2 unspecified atom stereocenters. The molecule has 7 heteroatoms. The van der Waals surface area contributed by atoms with Crippen LogP contribution in [-0.4, -0.2) is 36.2 Å². The lowest BCUT2D eigenvalue weighted by molar-refractivity contribution is 0.0181. The Hall–Kier alpha value is -0.690. The molecule has 0 bridgehead atoms. The SMILES string of the molecule is OC(CCBr)C(O)c1cnn2ccc(Cl)nc12. The van der Waals surface area contributed by atoms with E-state index in [0.717, 1.165) is 0 Å². The van der Waals surface area contributed by atoms with Crippen LogP contribution in [0.2, 0.25) is 5.15 Å². The Morgan fingerprint density at radius 1 is 1.47 bits per heavy atom. The Morgan fingerprint density at radius 3 is 2.94 bits per heavy atom. The summed E-state index contributed by atoms with van der Waals surface area (Å²) in [5.41, 5.74) is 0.930. The average molecular weight is 321 g/mol. The molecule has 92 valence electrons. The molecule has 2 N–H and O–H groups in total. The van der Waals surface area contributed by atoms with Gasteiger partial charge in [0.05, 0.1) is 12.3 Å². The fourth-order valence-electron chi connectivity index (χ4n) is 1.55. The van der Waals surface area contributed by atoms with Crippen molar-refractivity contribution in [3.8, 4) is 0 Å². The monoisotopic (exact) mass is 319 g/mol. The Bertz CT molecular complexity index is 519. The molecule has 0 aromatic carbocycles. The van der Waals surface area contributed by atoms with Gasteiger partial charge in [-0.2, -0.15) is 5.10 Å². The number of aromatic nitrogens is 3. The van der Waals surface area contributed by atoms with E-state index in [2.05, 4.69) is 26.0 Å². The van der Waals surface area contributed by atoms with Crippen LogP contribution in [0.15, 0.2) is 18.5 Å². The van der Waals surface area contributed by atoms with Gasteiger partial charge in [-0.15, -0.1) is 0 Å². The van der Waals surface area contributed by atoms with Crippen molar-refractivity contribution in [2.75, 3.05) is 5.33 Å². The van der Waals surface area contributed by atoms with Gasteiger partial charge < -0.3 is 10.2 Å². The van der Waals surface area contributed by atoms with E-state index in [4.69, 9.17) is 11.6 Å². The summed E-state index contributed by atoms with van der Waals surface area (Å²) in [6.45, 7) is 0. The number of hydrogen-bond donors (Lipinski definition) is 2. The second-order valence-corrected chi connectivity index (χ2v) is 4.79. The maximum atomic E-state index is 9.99. The van der Waals surface area contributed by atoms with Gasteiger partial charge in [0, 0.05) is 17.1 Å². The highest BCUT2D eigenvalue weighted by atomic mass is 79.9. The van der Waals surface area contributed by atoms with Crippen molar-refractivity contribution < 1.29 is 10.2 Å². The number of fused-ring (bicyclic) bond motifs is 1. The van der Waals surface area contributed by atoms with E-state index in [1.54, 1.807) is 12.3 Å². The normalized spacial score (nSPS) is 15.1. The molecular weight excluding hydrogens is 309 g/mol. The fraction of sp³-hybridized carbons (Fsp3) is 0.400. The zero-order chi connectivity index (χ0) is 12.4. The second kappa shape index (κ2) is 5.30. The predicted octanol–water partition coefficient (Wildman–Crippen LogP) is 1.56. The maximum Gasteiger partial charge on any atom is 0.162 e. The van der Waals surface area contributed by atoms with E-state index in [1.807, 2.05) is 0 Å². The third-order valence-electron chi connectivity index (χ3n) is 2.45. The van der Waals surface area contributed by atoms with Crippen molar-refractivity contribution in [1.82, 2.24) is 14.6 Å². The molecule has 0 fully saturated rings. The van der Waals surface area contributed by atoms with Crippen LogP contribution < -0.4 is 0 Å². The summed E-state index contributed by atoms with van der Waals surface area (Å²) < 4.78 is 1.51. The number of hydrogen-bond acceptors (Lipinski definition) is 4. The molecule has 2 rings (SSSR count). The van der Waals surface area contributed by atoms with E-state index < -0.39 is 12.2 Å². The van der Waals surface area contributed by atoms with Gasteiger partial charge in [0.1, 0.15) is 11.3 Å². The lowest BCUT2D eigenvalue weighted by Gasteiger charge is -2.15. The smallest absolute Gasteiger partial charge is 0.162 e. The molecule has 0 spiro atoms. The fourth-order valence-corrected chi connectivity index (χ4v) is 2.16. The third kappa shape index (κ3) is 2.60. The van der Waals surface area contributed by atoms with Crippen molar-refractivity contribution in [2.45, 2.75) is 18.6 Å². The van der Waals surface area contributed by atoms with Crippen LogP contribution in [0.4, 0.5) is 0 Å². The van der Waals surface area contributed by atoms with Crippen molar-refractivity contribution in [1.29, 1.82) is 0 Å². The zero-order valence-electron chi connectivity index (χ0n) is 8.79. The van der Waals surface area contributed by atoms with Crippen LogP contribution in [0.25, 0.3) is 5.65 Å². The quantitative estimate of drug-likeness (QED) is 0.662. The first-order valence-corrected chi connectivity index (χ1v) is 6.55. The summed E-state index contributed by atoms with van der Waals surface area (Å²) in [5, 5.41) is 24.7. The molecule has 2 heterocycles. The van der Waals surface area contributed by atoms with Crippen molar-refractivity contribution in [3.63, 3.8) is 0 Å². The second-order valence-electron chi connectivity index (χ2n) is 3.61. The number of nitrogens with zero attached hydrogens (tertiary/aromatic N) is 3. The van der Waals surface area contributed by atoms with Crippen molar-refractivity contribution in [2.24, 2.45) is 0 Å². The molecule has 0 saturated carbocycles. The topological polar surface area (TPSA) is 70.7 Å². The average Bonchev–Trinajstić information content (AvgIpc) is 2.71. The first-order chi connectivity index (χ1) is 8.13. The molecular formula is C10H11BrClN3O2. The van der Waals surface area contributed by atoms with Gasteiger partial charge in [-0.3, -0.25) is 0 Å². The van der Waals surface area contributed by atoms with E-state index in [-0.39, 0.29) is 0 Å². The van der Waals surface area contributed by atoms with Gasteiger partial charge in [0.15, 0.2) is 5.65 Å². The van der Waals surface area contributed by atoms with Gasteiger partial charge in [0.25, 0.3) is 0 Å². The van der Waals surface area contributed by atoms with Crippen LogP contribution in [0.1, 0.15) is 18.1 Å². The van der Waals surface area contributed by atoms with Crippen LogP contribution >= 0.6 is 27.5 Å². The summed E-state index contributed by atoms with van der Waals surface area (Å²) in [5.74, 6) is 0. The molecule has 2 aromatic rings. The number of aliphatic hydroxyl groups is 2. The molecule has 0 saturated heterocycles. The Kier molecular flexibility index (Phi) is 3.98. The number of halogens is 2. The lowest BCUT2D eigenvalue weighted by atomic mass is 10.1. The Balaban J connectivity index is 2.38. The number of alkyl halides is 1. The zero-order valence-corrected chi connectivity index (χ0v) is 11.1. The van der Waals surface area contributed by atoms with Crippen LogP contribution in [-0.2, 0) is 0 Å². The molecule has 0 radical (unpaired) electrons. The molecule has 0 amide bonds. The summed E-state index contributed by atoms with van der Waals surface area (Å²) in [4.78, 5) is 4.08. The minimum Gasteiger partial charge on any atom is -0.390 e. The highest BCUT2D eigenvalue weighted by Gasteiger charge is 2.22. The molecule has 0 aliphatic rings. The highest BCUT2D eigenvalue weighted by Crippen LogP contribution is 2.23. The molecule has 5 nitrogen and oxygen atoms in total. The number of rotatable bonds is 4. The van der Waals surface area contributed by atoms with Crippen LogP contribution in [0.3, 0.4) is 0 Å². The maximum absolute atomic E-state index is 9.99. The standard InChI is InChI=1S/C10H11BrClN3O2/c11-3-1-7(16)9(17)6-5-13-15-4-2-8(12)14-10(6)15/h2,4-5,7,9,16-17H,1,3H2. The summed E-state index contributed by atoms with van der Waals surface area (Å²) in [7, 11) is 0. The number of aliphatic hydroxyl groups excluding tert-OH is 2.